The molecule has 0 bridgehead atoms. The number of hydrogen-bond donors (Lipinski definition) is 3. The number of nitrogens with zero attached hydrogens (tertiary/aromatic N) is 2. The molecule has 5 nitrogen and oxygen atoms in total. The molecular formula is C18H25N5. The molecule has 122 valence electrons. The largest absolute Gasteiger partial charge is 0.356 e. The molecule has 0 radical (unpaired) electrons. The fraction of sp³-hybridized carbons (Fsp3) is 0.444. The molecule has 1 saturated carbocycles. The number of nitrogens with one attached hydrogen (secondary N) is 3. The predicted octanol–water partition coefficient (Wildman–Crippen LogP) is 2.59. The lowest BCUT2D eigenvalue weighted by Crippen LogP contribution is -2.44. The van der Waals surface area contributed by atoms with Crippen molar-refractivity contribution >= 4 is 5.96 Å². The highest BCUT2D eigenvalue weighted by atomic mass is 15.2. The van der Waals surface area contributed by atoms with Gasteiger partial charge in [-0.2, -0.15) is 5.10 Å². The summed E-state index contributed by atoms with van der Waals surface area (Å²) in [6.45, 7) is 1.61. The third kappa shape index (κ3) is 3.73. The van der Waals surface area contributed by atoms with Gasteiger partial charge in [0.25, 0.3) is 0 Å². The standard InChI is InChI=1S/C18H25N5/c1-19-17(20-13-16-9-12-22-23-16)21-14-18(10-5-6-11-18)15-7-3-2-4-8-15/h2-4,7-9,12H,5-6,10-11,13-14H2,1H3,(H,22,23)(H2,19,20,21). The molecule has 0 aliphatic heterocycles. The number of aromatic nitrogens is 2. The van der Waals surface area contributed by atoms with Gasteiger partial charge in [0.2, 0.25) is 0 Å². The first-order valence-corrected chi connectivity index (χ1v) is 8.31. The molecule has 1 aromatic heterocycles. The molecule has 0 unspecified atom stereocenters. The Morgan fingerprint density at radius 3 is 2.61 bits per heavy atom. The second-order valence-electron chi connectivity index (χ2n) is 6.21. The second-order valence-corrected chi connectivity index (χ2v) is 6.21. The van der Waals surface area contributed by atoms with E-state index in [0.29, 0.717) is 6.54 Å². The van der Waals surface area contributed by atoms with Gasteiger partial charge in [-0.1, -0.05) is 43.2 Å². The molecule has 3 N–H and O–H groups in total. The van der Waals surface area contributed by atoms with Crippen LogP contribution in [-0.4, -0.2) is 29.7 Å². The van der Waals surface area contributed by atoms with E-state index in [2.05, 4.69) is 56.2 Å². The molecule has 23 heavy (non-hydrogen) atoms. The van der Waals surface area contributed by atoms with Gasteiger partial charge in [-0.3, -0.25) is 10.1 Å². The van der Waals surface area contributed by atoms with Crippen LogP contribution in [0.1, 0.15) is 36.9 Å². The number of rotatable bonds is 5. The zero-order valence-electron chi connectivity index (χ0n) is 13.7. The van der Waals surface area contributed by atoms with Crippen LogP contribution in [0.2, 0.25) is 0 Å². The molecule has 0 atom stereocenters. The van der Waals surface area contributed by atoms with Crippen molar-refractivity contribution in [3.63, 3.8) is 0 Å². The van der Waals surface area contributed by atoms with Gasteiger partial charge in [-0.15, -0.1) is 0 Å². The van der Waals surface area contributed by atoms with Crippen LogP contribution in [-0.2, 0) is 12.0 Å². The van der Waals surface area contributed by atoms with Gasteiger partial charge < -0.3 is 10.6 Å². The Hall–Kier alpha value is -2.30. The molecule has 1 heterocycles. The number of benzene rings is 1. The lowest BCUT2D eigenvalue weighted by molar-refractivity contribution is 0.431. The lowest BCUT2D eigenvalue weighted by Gasteiger charge is -2.30. The normalized spacial score (nSPS) is 17.2. The minimum absolute atomic E-state index is 0.229. The zero-order chi connectivity index (χ0) is 16.0. The van der Waals surface area contributed by atoms with E-state index >= 15 is 0 Å². The Balaban J connectivity index is 1.62. The summed E-state index contributed by atoms with van der Waals surface area (Å²) in [5, 5.41) is 13.8. The van der Waals surface area contributed by atoms with Crippen LogP contribution in [0, 0.1) is 0 Å². The van der Waals surface area contributed by atoms with Crippen molar-refractivity contribution in [3.8, 4) is 0 Å². The van der Waals surface area contributed by atoms with Gasteiger partial charge >= 0.3 is 0 Å². The van der Waals surface area contributed by atoms with E-state index in [-0.39, 0.29) is 5.41 Å². The van der Waals surface area contributed by atoms with Crippen molar-refractivity contribution < 1.29 is 0 Å². The summed E-state index contributed by atoms with van der Waals surface area (Å²) in [5.74, 6) is 0.835. The molecule has 1 aliphatic rings. The first-order valence-electron chi connectivity index (χ1n) is 8.31. The summed E-state index contributed by atoms with van der Waals surface area (Å²) in [5.41, 5.74) is 2.72. The number of H-pyrrole nitrogens is 1. The van der Waals surface area contributed by atoms with Crippen LogP contribution in [0.5, 0.6) is 0 Å². The minimum Gasteiger partial charge on any atom is -0.356 e. The smallest absolute Gasteiger partial charge is 0.191 e. The lowest BCUT2D eigenvalue weighted by atomic mass is 9.79. The number of guanidine groups is 1. The summed E-state index contributed by atoms with van der Waals surface area (Å²) < 4.78 is 0. The van der Waals surface area contributed by atoms with Crippen LogP contribution >= 0.6 is 0 Å². The Morgan fingerprint density at radius 2 is 1.96 bits per heavy atom. The van der Waals surface area contributed by atoms with Crippen molar-refractivity contribution in [2.24, 2.45) is 4.99 Å². The molecule has 1 aliphatic carbocycles. The van der Waals surface area contributed by atoms with E-state index in [0.717, 1.165) is 18.2 Å². The Morgan fingerprint density at radius 1 is 1.17 bits per heavy atom. The second kappa shape index (κ2) is 7.31. The Bertz CT molecular complexity index is 612. The van der Waals surface area contributed by atoms with Gasteiger partial charge in [-0.05, 0) is 24.5 Å². The van der Waals surface area contributed by atoms with Gasteiger partial charge in [0.15, 0.2) is 5.96 Å². The maximum Gasteiger partial charge on any atom is 0.191 e. The minimum atomic E-state index is 0.229. The molecule has 2 aromatic rings. The molecule has 0 spiro atoms. The van der Waals surface area contributed by atoms with E-state index < -0.39 is 0 Å². The molecule has 3 rings (SSSR count). The van der Waals surface area contributed by atoms with Crippen molar-refractivity contribution in [2.75, 3.05) is 13.6 Å². The first-order chi connectivity index (χ1) is 11.3. The fourth-order valence-electron chi connectivity index (χ4n) is 3.45. The predicted molar refractivity (Wildman–Crippen MR) is 93.4 cm³/mol. The molecule has 1 fully saturated rings. The highest BCUT2D eigenvalue weighted by Crippen LogP contribution is 2.40. The maximum absolute atomic E-state index is 4.33. The molecule has 5 heteroatoms. The number of hydrogen-bond acceptors (Lipinski definition) is 2. The topological polar surface area (TPSA) is 65.1 Å². The highest BCUT2D eigenvalue weighted by molar-refractivity contribution is 5.79. The summed E-state index contributed by atoms with van der Waals surface area (Å²) >= 11 is 0. The van der Waals surface area contributed by atoms with Crippen LogP contribution < -0.4 is 10.6 Å². The third-order valence-corrected chi connectivity index (χ3v) is 4.77. The summed E-state index contributed by atoms with van der Waals surface area (Å²) in [4.78, 5) is 4.33. The number of aromatic amines is 1. The quantitative estimate of drug-likeness (QED) is 0.587. The van der Waals surface area contributed by atoms with Crippen LogP contribution in [0.15, 0.2) is 47.6 Å². The van der Waals surface area contributed by atoms with Gasteiger partial charge in [-0.25, -0.2) is 0 Å². The molecule has 1 aromatic carbocycles. The SMILES string of the molecule is CN=C(NCc1ccn[nH]1)NCC1(c2ccccc2)CCCC1. The Kier molecular flexibility index (Phi) is 4.95. The molecular weight excluding hydrogens is 286 g/mol. The Labute approximate surface area is 137 Å². The van der Waals surface area contributed by atoms with Gasteiger partial charge in [0.05, 0.1) is 12.2 Å². The van der Waals surface area contributed by atoms with Crippen LogP contribution in [0.25, 0.3) is 0 Å². The first kappa shape index (κ1) is 15.6. The van der Waals surface area contributed by atoms with E-state index in [1.807, 2.05) is 13.1 Å². The maximum atomic E-state index is 4.33. The van der Waals surface area contributed by atoms with Crippen molar-refractivity contribution in [1.82, 2.24) is 20.8 Å². The zero-order valence-corrected chi connectivity index (χ0v) is 13.7. The summed E-state index contributed by atoms with van der Waals surface area (Å²) in [6, 6.07) is 12.8. The third-order valence-electron chi connectivity index (χ3n) is 4.77. The molecule has 0 saturated heterocycles. The highest BCUT2D eigenvalue weighted by Gasteiger charge is 2.35. The van der Waals surface area contributed by atoms with Gasteiger partial charge in [0.1, 0.15) is 0 Å². The number of aliphatic imine (C=N–C) groups is 1. The summed E-state index contributed by atoms with van der Waals surface area (Å²) in [6.07, 6.45) is 6.84. The van der Waals surface area contributed by atoms with Crippen molar-refractivity contribution in [2.45, 2.75) is 37.6 Å². The monoisotopic (exact) mass is 311 g/mol. The van der Waals surface area contributed by atoms with Crippen LogP contribution in [0.3, 0.4) is 0 Å². The average Bonchev–Trinajstić information content (AvgIpc) is 3.28. The van der Waals surface area contributed by atoms with E-state index in [9.17, 15) is 0 Å². The summed E-state index contributed by atoms with van der Waals surface area (Å²) in [7, 11) is 1.81. The van der Waals surface area contributed by atoms with E-state index in [1.54, 1.807) is 6.20 Å². The molecule has 0 amide bonds. The van der Waals surface area contributed by atoms with Gasteiger partial charge in [0, 0.05) is 25.2 Å². The van der Waals surface area contributed by atoms with Crippen LogP contribution in [0.4, 0.5) is 0 Å². The van der Waals surface area contributed by atoms with Crippen molar-refractivity contribution in [3.05, 3.63) is 53.9 Å². The average molecular weight is 311 g/mol. The van der Waals surface area contributed by atoms with E-state index in [1.165, 1.54) is 31.2 Å². The van der Waals surface area contributed by atoms with Crippen molar-refractivity contribution in [1.29, 1.82) is 0 Å². The fourth-order valence-corrected chi connectivity index (χ4v) is 3.45. The van der Waals surface area contributed by atoms with E-state index in [4.69, 9.17) is 0 Å².